The van der Waals surface area contributed by atoms with E-state index in [9.17, 15) is 12.8 Å². The van der Waals surface area contributed by atoms with Crippen molar-refractivity contribution in [2.45, 2.75) is 35.6 Å². The van der Waals surface area contributed by atoms with Gasteiger partial charge in [-0.2, -0.15) is 0 Å². The molecule has 0 aromatic heterocycles. The third kappa shape index (κ3) is 3.53. The Labute approximate surface area is 184 Å². The zero-order valence-corrected chi connectivity index (χ0v) is 18.7. The number of sulfone groups is 1. The number of benzene rings is 2. The van der Waals surface area contributed by atoms with E-state index in [0.29, 0.717) is 10.6 Å². The van der Waals surface area contributed by atoms with Crippen LogP contribution in [0.1, 0.15) is 25.0 Å². The lowest BCUT2D eigenvalue weighted by molar-refractivity contribution is 0.303. The fourth-order valence-electron chi connectivity index (χ4n) is 4.21. The highest BCUT2D eigenvalue weighted by atomic mass is 32.2. The largest absolute Gasteiger partial charge is 0.399 e. The van der Waals surface area contributed by atoms with Crippen molar-refractivity contribution >= 4 is 38.0 Å². The minimum absolute atomic E-state index is 0.168. The molecule has 0 spiro atoms. The van der Waals surface area contributed by atoms with Gasteiger partial charge in [0.2, 0.25) is 0 Å². The van der Waals surface area contributed by atoms with Crippen LogP contribution in [0, 0.1) is 11.2 Å². The first-order valence-electron chi connectivity index (χ1n) is 9.70. The van der Waals surface area contributed by atoms with Crippen molar-refractivity contribution in [3.05, 3.63) is 71.6 Å². The van der Waals surface area contributed by atoms with E-state index < -0.39 is 43.1 Å². The lowest BCUT2D eigenvalue weighted by atomic mass is 9.91. The average Bonchev–Trinajstić information content (AvgIpc) is 3.08. The van der Waals surface area contributed by atoms with Gasteiger partial charge in [0.05, 0.1) is 16.5 Å². The zero-order chi connectivity index (χ0) is 22.6. The number of anilines is 1. The lowest BCUT2D eigenvalue weighted by Crippen LogP contribution is -2.69. The van der Waals surface area contributed by atoms with Gasteiger partial charge in [0, 0.05) is 10.6 Å². The van der Waals surface area contributed by atoms with Crippen LogP contribution in [0.25, 0.3) is 4.91 Å². The molecule has 1 fully saturated rings. The predicted molar refractivity (Wildman–Crippen MR) is 122 cm³/mol. The molecule has 1 saturated heterocycles. The van der Waals surface area contributed by atoms with Gasteiger partial charge in [0.25, 0.3) is 0 Å². The Morgan fingerprint density at radius 2 is 1.90 bits per heavy atom. The number of allylic oxidation sites excluding steroid dienone is 1. The van der Waals surface area contributed by atoms with Crippen molar-refractivity contribution in [2.75, 3.05) is 11.5 Å². The van der Waals surface area contributed by atoms with Crippen molar-refractivity contribution in [3.8, 4) is 0 Å². The van der Waals surface area contributed by atoms with Gasteiger partial charge in [-0.25, -0.2) is 17.2 Å². The first kappa shape index (κ1) is 21.8. The summed E-state index contributed by atoms with van der Waals surface area (Å²) in [5.41, 5.74) is 6.09. The van der Waals surface area contributed by atoms with Crippen LogP contribution in [-0.4, -0.2) is 37.0 Å². The molecular formula is C22H23F2N3O2S2. The topological polar surface area (TPSA) is 96.0 Å². The van der Waals surface area contributed by atoms with E-state index >= 15 is 4.39 Å². The molecule has 2 aliphatic heterocycles. The van der Waals surface area contributed by atoms with E-state index in [-0.39, 0.29) is 11.4 Å². The number of nitrogen functional groups attached to an aromatic ring is 1. The molecule has 0 aliphatic carbocycles. The summed E-state index contributed by atoms with van der Waals surface area (Å²) in [5.74, 6) is -1.27. The third-order valence-electron chi connectivity index (χ3n) is 6.03. The van der Waals surface area contributed by atoms with Gasteiger partial charge in [-0.1, -0.05) is 24.3 Å². The SMILES string of the molecule is C[C@@]1(c2cccc(F)c2)C(=N)N[C@](C)(C2SC(c3cccc(N)c3)=CC2F)CS1(=O)=O. The first-order chi connectivity index (χ1) is 14.5. The number of nitrogens with two attached hydrogens (primary N) is 1. The molecular weight excluding hydrogens is 440 g/mol. The smallest absolute Gasteiger partial charge is 0.169 e. The standard InChI is InChI=1S/C22H23F2N3O2S2/c1-21(19-17(24)11-18(30-19)13-5-3-8-16(25)9-13)12-31(28,29)22(2,20(26)27-21)14-6-4-7-15(23)10-14/h3-11,17,19H,12,25H2,1-2H3,(H2,26,27)/t17?,19?,21-,22+/m0/s1. The summed E-state index contributed by atoms with van der Waals surface area (Å²) in [6.07, 6.45) is 0.0497. The maximum Gasteiger partial charge on any atom is 0.169 e. The van der Waals surface area contributed by atoms with Gasteiger partial charge >= 0.3 is 0 Å². The molecule has 2 aromatic carbocycles. The summed E-state index contributed by atoms with van der Waals surface area (Å²) in [5, 5.41) is 10.8. The molecule has 2 heterocycles. The van der Waals surface area contributed by atoms with Gasteiger partial charge in [0.1, 0.15) is 17.8 Å². The maximum atomic E-state index is 15.1. The van der Waals surface area contributed by atoms with Crippen molar-refractivity contribution in [3.63, 3.8) is 0 Å². The summed E-state index contributed by atoms with van der Waals surface area (Å²) in [6, 6.07) is 12.3. The van der Waals surface area contributed by atoms with Gasteiger partial charge in [-0.15, -0.1) is 11.8 Å². The van der Waals surface area contributed by atoms with E-state index in [1.54, 1.807) is 25.1 Å². The third-order valence-corrected chi connectivity index (χ3v) is 10.4. The Morgan fingerprint density at radius 1 is 1.19 bits per heavy atom. The molecule has 5 nitrogen and oxygen atoms in total. The van der Waals surface area contributed by atoms with E-state index in [1.807, 2.05) is 6.07 Å². The predicted octanol–water partition coefficient (Wildman–Crippen LogP) is 3.87. The van der Waals surface area contributed by atoms with E-state index in [1.165, 1.54) is 43.0 Å². The second-order valence-electron chi connectivity index (χ2n) is 8.36. The Hall–Kier alpha value is -2.39. The van der Waals surface area contributed by atoms with Crippen LogP contribution in [-0.2, 0) is 14.6 Å². The molecule has 2 aliphatic rings. The maximum absolute atomic E-state index is 15.1. The number of halogens is 2. The summed E-state index contributed by atoms with van der Waals surface area (Å²) in [6.45, 7) is 3.00. The monoisotopic (exact) mass is 463 g/mol. The van der Waals surface area contributed by atoms with Crippen molar-refractivity contribution < 1.29 is 17.2 Å². The van der Waals surface area contributed by atoms with Crippen LogP contribution in [0.15, 0.2) is 54.6 Å². The molecule has 2 unspecified atom stereocenters. The number of rotatable bonds is 3. The number of amidine groups is 1. The van der Waals surface area contributed by atoms with Crippen molar-refractivity contribution in [2.24, 2.45) is 0 Å². The number of hydrogen-bond acceptors (Lipinski definition) is 5. The Kier molecular flexibility index (Phi) is 5.17. The Bertz CT molecular complexity index is 1200. The minimum Gasteiger partial charge on any atom is -0.399 e. The van der Waals surface area contributed by atoms with Crippen LogP contribution in [0.4, 0.5) is 14.5 Å². The quantitative estimate of drug-likeness (QED) is 0.601. The molecule has 0 radical (unpaired) electrons. The molecule has 4 rings (SSSR count). The molecule has 2 aromatic rings. The summed E-state index contributed by atoms with van der Waals surface area (Å²) >= 11 is 1.23. The van der Waals surface area contributed by atoms with Gasteiger partial charge < -0.3 is 11.1 Å². The van der Waals surface area contributed by atoms with Crippen molar-refractivity contribution in [1.29, 1.82) is 5.41 Å². The number of hydrogen-bond donors (Lipinski definition) is 3. The first-order valence-corrected chi connectivity index (χ1v) is 12.2. The zero-order valence-electron chi connectivity index (χ0n) is 17.0. The molecule has 31 heavy (non-hydrogen) atoms. The summed E-state index contributed by atoms with van der Waals surface area (Å²) in [4.78, 5) is 0.676. The van der Waals surface area contributed by atoms with Crippen LogP contribution < -0.4 is 11.1 Å². The molecule has 0 amide bonds. The van der Waals surface area contributed by atoms with Crippen molar-refractivity contribution in [1.82, 2.24) is 5.32 Å². The van der Waals surface area contributed by atoms with Gasteiger partial charge in [-0.05, 0) is 55.3 Å². The van der Waals surface area contributed by atoms with Gasteiger partial charge in [0.15, 0.2) is 14.6 Å². The van der Waals surface area contributed by atoms with E-state index in [0.717, 1.165) is 11.6 Å². The molecule has 164 valence electrons. The molecule has 4 N–H and O–H groups in total. The fourth-order valence-corrected chi connectivity index (χ4v) is 7.85. The highest BCUT2D eigenvalue weighted by Gasteiger charge is 2.58. The normalized spacial score (nSPS) is 32.4. The van der Waals surface area contributed by atoms with E-state index in [4.69, 9.17) is 11.1 Å². The lowest BCUT2D eigenvalue weighted by Gasteiger charge is -2.47. The average molecular weight is 464 g/mol. The highest BCUT2D eigenvalue weighted by Crippen LogP contribution is 2.48. The molecule has 0 bridgehead atoms. The Balaban J connectivity index is 1.66. The second-order valence-corrected chi connectivity index (χ2v) is 11.9. The number of alkyl halides is 1. The highest BCUT2D eigenvalue weighted by molar-refractivity contribution is 8.09. The Morgan fingerprint density at radius 3 is 2.55 bits per heavy atom. The van der Waals surface area contributed by atoms with Crippen LogP contribution in [0.2, 0.25) is 0 Å². The number of nitrogens with one attached hydrogen (secondary N) is 2. The minimum atomic E-state index is -3.98. The van der Waals surface area contributed by atoms with Crippen LogP contribution in [0.5, 0.6) is 0 Å². The van der Waals surface area contributed by atoms with Gasteiger partial charge in [-0.3, -0.25) is 5.41 Å². The summed E-state index contributed by atoms with van der Waals surface area (Å²) in [7, 11) is -3.98. The van der Waals surface area contributed by atoms with E-state index in [2.05, 4.69) is 5.32 Å². The number of thioether (sulfide) groups is 1. The van der Waals surface area contributed by atoms with Crippen LogP contribution >= 0.6 is 11.8 Å². The second kappa shape index (κ2) is 7.34. The molecule has 4 atom stereocenters. The fraction of sp³-hybridized carbons (Fsp3) is 0.318. The molecule has 9 heteroatoms. The van der Waals surface area contributed by atoms with Crippen LogP contribution in [0.3, 0.4) is 0 Å². The molecule has 0 saturated carbocycles. The summed E-state index contributed by atoms with van der Waals surface area (Å²) < 4.78 is 54.0.